The lowest BCUT2D eigenvalue weighted by Gasteiger charge is -2.15. The highest BCUT2D eigenvalue weighted by Crippen LogP contribution is 2.39. The van der Waals surface area contributed by atoms with Crippen molar-refractivity contribution in [3.8, 4) is 11.5 Å². The number of hydroxylamine groups is 1. The van der Waals surface area contributed by atoms with Crippen molar-refractivity contribution >= 4 is 11.6 Å². The van der Waals surface area contributed by atoms with Crippen molar-refractivity contribution in [1.82, 2.24) is 5.48 Å². The van der Waals surface area contributed by atoms with Gasteiger partial charge in [-0.3, -0.25) is 0 Å². The summed E-state index contributed by atoms with van der Waals surface area (Å²) in [6.07, 6.45) is 0. The first-order valence-corrected chi connectivity index (χ1v) is 5.19. The molecule has 0 unspecified atom stereocenters. The largest absolute Gasteiger partial charge is 0.495 e. The number of methoxy groups -OCH3 is 2. The second-order valence-electron chi connectivity index (χ2n) is 3.26. The van der Waals surface area contributed by atoms with Gasteiger partial charge in [0.05, 0.1) is 21.3 Å². The highest BCUT2D eigenvalue weighted by atomic mass is 35.5. The summed E-state index contributed by atoms with van der Waals surface area (Å²) >= 11 is 6.18. The van der Waals surface area contributed by atoms with E-state index in [1.807, 2.05) is 13.0 Å². The number of aryl methyl sites for hydroxylation is 1. The van der Waals surface area contributed by atoms with Gasteiger partial charge in [0.15, 0.2) is 0 Å². The third-order valence-corrected chi connectivity index (χ3v) is 2.60. The molecule has 0 fully saturated rings. The third kappa shape index (κ3) is 2.58. The quantitative estimate of drug-likeness (QED) is 0.809. The summed E-state index contributed by atoms with van der Waals surface area (Å²) in [5.74, 6) is 1.24. The van der Waals surface area contributed by atoms with Gasteiger partial charge in [-0.1, -0.05) is 11.6 Å². The van der Waals surface area contributed by atoms with Crippen molar-refractivity contribution in [1.29, 1.82) is 0 Å². The molecule has 0 saturated carbocycles. The summed E-state index contributed by atoms with van der Waals surface area (Å²) in [6, 6.07) is 1.95. The predicted molar refractivity (Wildman–Crippen MR) is 63.1 cm³/mol. The second-order valence-corrected chi connectivity index (χ2v) is 3.64. The molecule has 1 N–H and O–H groups in total. The smallest absolute Gasteiger partial charge is 0.145 e. The van der Waals surface area contributed by atoms with Gasteiger partial charge in [-0.25, -0.2) is 0 Å². The summed E-state index contributed by atoms with van der Waals surface area (Å²) < 4.78 is 10.5. The van der Waals surface area contributed by atoms with Gasteiger partial charge in [0.1, 0.15) is 16.5 Å². The number of hydrogen-bond acceptors (Lipinski definition) is 4. The highest BCUT2D eigenvalue weighted by molar-refractivity contribution is 6.33. The number of nitrogens with one attached hydrogen (secondary N) is 1. The van der Waals surface area contributed by atoms with E-state index in [-0.39, 0.29) is 0 Å². The van der Waals surface area contributed by atoms with Gasteiger partial charge in [0.2, 0.25) is 0 Å². The SMILES string of the molecule is CONCc1cc(C)c(OC)c(Cl)c1OC. The Labute approximate surface area is 100 Å². The molecular weight excluding hydrogens is 230 g/mol. The summed E-state index contributed by atoms with van der Waals surface area (Å²) in [5.41, 5.74) is 4.63. The van der Waals surface area contributed by atoms with Crippen LogP contribution in [0.2, 0.25) is 5.02 Å². The molecule has 0 aromatic heterocycles. The van der Waals surface area contributed by atoms with E-state index in [0.717, 1.165) is 11.1 Å². The molecule has 0 bridgehead atoms. The molecule has 0 aliphatic rings. The Hall–Kier alpha value is -0.970. The van der Waals surface area contributed by atoms with Crippen LogP contribution >= 0.6 is 11.6 Å². The van der Waals surface area contributed by atoms with E-state index < -0.39 is 0 Å². The van der Waals surface area contributed by atoms with Crippen molar-refractivity contribution in [3.63, 3.8) is 0 Å². The Bertz CT molecular complexity index is 369. The lowest BCUT2D eigenvalue weighted by molar-refractivity contribution is 0.0861. The zero-order chi connectivity index (χ0) is 12.1. The van der Waals surface area contributed by atoms with Gasteiger partial charge < -0.3 is 14.3 Å². The maximum Gasteiger partial charge on any atom is 0.145 e. The molecule has 1 aromatic rings. The first-order chi connectivity index (χ1) is 7.65. The molecule has 4 nitrogen and oxygen atoms in total. The van der Waals surface area contributed by atoms with Gasteiger partial charge in [-0.2, -0.15) is 5.48 Å². The van der Waals surface area contributed by atoms with Gasteiger partial charge in [-0.05, 0) is 18.6 Å². The van der Waals surface area contributed by atoms with E-state index in [4.69, 9.17) is 25.9 Å². The minimum Gasteiger partial charge on any atom is -0.495 e. The van der Waals surface area contributed by atoms with Crippen molar-refractivity contribution in [2.45, 2.75) is 13.5 Å². The van der Waals surface area contributed by atoms with Crippen LogP contribution in [0.3, 0.4) is 0 Å². The van der Waals surface area contributed by atoms with E-state index in [2.05, 4.69) is 5.48 Å². The second kappa shape index (κ2) is 5.94. The molecule has 0 atom stereocenters. The van der Waals surface area contributed by atoms with Gasteiger partial charge >= 0.3 is 0 Å². The Morgan fingerprint density at radius 2 is 1.81 bits per heavy atom. The maximum absolute atomic E-state index is 6.18. The molecule has 0 aliphatic heterocycles. The van der Waals surface area contributed by atoms with Gasteiger partial charge in [-0.15, -0.1) is 0 Å². The molecule has 90 valence electrons. The lowest BCUT2D eigenvalue weighted by Crippen LogP contribution is -2.12. The minimum absolute atomic E-state index is 0.484. The zero-order valence-corrected chi connectivity index (χ0v) is 10.6. The number of hydrogen-bond donors (Lipinski definition) is 1. The lowest BCUT2D eigenvalue weighted by atomic mass is 10.1. The summed E-state index contributed by atoms with van der Waals surface area (Å²) in [5, 5.41) is 0.484. The van der Waals surface area contributed by atoms with Gasteiger partial charge in [0, 0.05) is 12.1 Å². The number of ether oxygens (including phenoxy) is 2. The molecule has 0 saturated heterocycles. The average Bonchev–Trinajstić information content (AvgIpc) is 2.26. The van der Waals surface area contributed by atoms with E-state index in [9.17, 15) is 0 Å². The average molecular weight is 246 g/mol. The van der Waals surface area contributed by atoms with E-state index in [0.29, 0.717) is 23.1 Å². The van der Waals surface area contributed by atoms with Crippen molar-refractivity contribution < 1.29 is 14.3 Å². The molecule has 0 aliphatic carbocycles. The van der Waals surface area contributed by atoms with Crippen LogP contribution in [0.25, 0.3) is 0 Å². The van der Waals surface area contributed by atoms with Crippen LogP contribution in [-0.2, 0) is 11.4 Å². The number of rotatable bonds is 5. The first-order valence-electron chi connectivity index (χ1n) is 4.81. The van der Waals surface area contributed by atoms with E-state index in [1.54, 1.807) is 21.3 Å². The fourth-order valence-electron chi connectivity index (χ4n) is 1.56. The summed E-state index contributed by atoms with van der Waals surface area (Å²) in [7, 11) is 4.72. The van der Waals surface area contributed by atoms with Crippen molar-refractivity contribution in [2.75, 3.05) is 21.3 Å². The standard InChI is InChI=1S/C11H16ClNO3/c1-7-5-8(6-13-16-4)11(15-3)9(12)10(7)14-2/h5,13H,6H2,1-4H3. The predicted octanol–water partition coefficient (Wildman–Crippen LogP) is 2.32. The summed E-state index contributed by atoms with van der Waals surface area (Å²) in [4.78, 5) is 4.80. The van der Waals surface area contributed by atoms with Crippen LogP contribution in [0, 0.1) is 6.92 Å². The topological polar surface area (TPSA) is 39.7 Å². The zero-order valence-electron chi connectivity index (χ0n) is 9.89. The van der Waals surface area contributed by atoms with Crippen molar-refractivity contribution in [2.24, 2.45) is 0 Å². The fraction of sp³-hybridized carbons (Fsp3) is 0.455. The molecule has 0 heterocycles. The molecule has 0 amide bonds. The molecular formula is C11H16ClNO3. The Kier molecular flexibility index (Phi) is 4.86. The third-order valence-electron chi connectivity index (χ3n) is 2.25. The molecule has 16 heavy (non-hydrogen) atoms. The number of benzene rings is 1. The first kappa shape index (κ1) is 13.1. The Morgan fingerprint density at radius 3 is 2.31 bits per heavy atom. The van der Waals surface area contributed by atoms with E-state index >= 15 is 0 Å². The molecule has 0 spiro atoms. The molecule has 0 radical (unpaired) electrons. The van der Waals surface area contributed by atoms with Crippen LogP contribution in [0.1, 0.15) is 11.1 Å². The van der Waals surface area contributed by atoms with Crippen LogP contribution in [0.5, 0.6) is 11.5 Å². The molecule has 5 heteroatoms. The van der Waals surface area contributed by atoms with Crippen LogP contribution in [-0.4, -0.2) is 21.3 Å². The van der Waals surface area contributed by atoms with Gasteiger partial charge in [0.25, 0.3) is 0 Å². The normalized spacial score (nSPS) is 10.3. The number of halogens is 1. The monoisotopic (exact) mass is 245 g/mol. The molecule has 1 aromatic carbocycles. The fourth-order valence-corrected chi connectivity index (χ4v) is 1.99. The van der Waals surface area contributed by atoms with Crippen LogP contribution < -0.4 is 15.0 Å². The highest BCUT2D eigenvalue weighted by Gasteiger charge is 2.15. The Balaban J connectivity index is 3.18. The summed E-state index contributed by atoms with van der Waals surface area (Å²) in [6.45, 7) is 2.45. The minimum atomic E-state index is 0.484. The van der Waals surface area contributed by atoms with Crippen LogP contribution in [0.15, 0.2) is 6.07 Å². The Morgan fingerprint density at radius 1 is 1.19 bits per heavy atom. The molecule has 1 rings (SSSR count). The maximum atomic E-state index is 6.18. The van der Waals surface area contributed by atoms with Crippen molar-refractivity contribution in [3.05, 3.63) is 22.2 Å². The van der Waals surface area contributed by atoms with E-state index in [1.165, 1.54) is 0 Å². The van der Waals surface area contributed by atoms with Crippen LogP contribution in [0.4, 0.5) is 0 Å².